The molecule has 15 heavy (non-hydrogen) atoms. The third-order valence-electron chi connectivity index (χ3n) is 1.58. The van der Waals surface area contributed by atoms with Crippen molar-refractivity contribution in [2.45, 2.75) is 6.92 Å². The monoisotopic (exact) mass is 218 g/mol. The summed E-state index contributed by atoms with van der Waals surface area (Å²) in [5, 5.41) is 4.51. The molecule has 1 rings (SSSR count). The molecule has 0 unspecified atom stereocenters. The maximum atomic E-state index is 12.7. The van der Waals surface area contributed by atoms with Crippen molar-refractivity contribution in [3.8, 4) is 0 Å². The number of rotatable bonds is 2. The van der Waals surface area contributed by atoms with Crippen molar-refractivity contribution in [3.63, 3.8) is 0 Å². The van der Waals surface area contributed by atoms with Crippen molar-refractivity contribution in [3.05, 3.63) is 29.6 Å². The highest BCUT2D eigenvalue weighted by atomic mass is 19.2. The van der Waals surface area contributed by atoms with Crippen LogP contribution < -0.4 is 10.6 Å². The first kappa shape index (κ1) is 11.4. The summed E-state index contributed by atoms with van der Waals surface area (Å²) in [6.07, 6.45) is 0. The maximum absolute atomic E-state index is 12.7. The van der Waals surface area contributed by atoms with Crippen LogP contribution in [0.3, 0.4) is 0 Å². The zero-order chi connectivity index (χ0) is 11.4. The highest BCUT2D eigenvalue weighted by molar-refractivity contribution is 5.89. The zero-order valence-electron chi connectivity index (χ0n) is 7.90. The Morgan fingerprint density at radius 1 is 1.27 bits per heavy atom. The number of halogens is 3. The molecule has 0 aliphatic rings. The Bertz CT molecular complexity index is 359. The fraction of sp³-hybridized carbons (Fsp3) is 0.222. The molecule has 0 aliphatic heterocycles. The standard InChI is InChI=1S/C9H9F3N2O/c1-2-13-9(15)14-5-3-6(10)8(12)7(11)4-5/h3-4H,2H2,1H3,(H2,13,14,15). The van der Waals surface area contributed by atoms with E-state index in [4.69, 9.17) is 0 Å². The van der Waals surface area contributed by atoms with Gasteiger partial charge in [-0.25, -0.2) is 18.0 Å². The molecule has 2 N–H and O–H groups in total. The van der Waals surface area contributed by atoms with E-state index in [1.54, 1.807) is 6.92 Å². The smallest absolute Gasteiger partial charge is 0.319 e. The normalized spacial score (nSPS) is 9.87. The lowest BCUT2D eigenvalue weighted by molar-refractivity contribution is 0.252. The van der Waals surface area contributed by atoms with Crippen LogP contribution in [0.25, 0.3) is 0 Å². The van der Waals surface area contributed by atoms with Gasteiger partial charge in [-0.1, -0.05) is 0 Å². The lowest BCUT2D eigenvalue weighted by Crippen LogP contribution is -2.28. The highest BCUT2D eigenvalue weighted by Crippen LogP contribution is 2.16. The average molecular weight is 218 g/mol. The van der Waals surface area contributed by atoms with Gasteiger partial charge in [-0.3, -0.25) is 0 Å². The molecule has 0 saturated carbocycles. The predicted molar refractivity (Wildman–Crippen MR) is 49.0 cm³/mol. The summed E-state index contributed by atoms with van der Waals surface area (Å²) in [7, 11) is 0. The van der Waals surface area contributed by atoms with Crippen molar-refractivity contribution in [1.29, 1.82) is 0 Å². The molecule has 0 bridgehead atoms. The van der Waals surface area contributed by atoms with E-state index in [-0.39, 0.29) is 5.69 Å². The van der Waals surface area contributed by atoms with Gasteiger partial charge in [0.1, 0.15) is 0 Å². The van der Waals surface area contributed by atoms with Crippen LogP contribution >= 0.6 is 0 Å². The molecular formula is C9H9F3N2O. The molecule has 3 nitrogen and oxygen atoms in total. The molecule has 0 atom stereocenters. The summed E-state index contributed by atoms with van der Waals surface area (Å²) >= 11 is 0. The molecule has 0 fully saturated rings. The summed E-state index contributed by atoms with van der Waals surface area (Å²) < 4.78 is 37.9. The second kappa shape index (κ2) is 4.68. The van der Waals surface area contributed by atoms with Crippen molar-refractivity contribution >= 4 is 11.7 Å². The van der Waals surface area contributed by atoms with Gasteiger partial charge >= 0.3 is 6.03 Å². The van der Waals surface area contributed by atoms with Crippen LogP contribution in [0.2, 0.25) is 0 Å². The SMILES string of the molecule is CCNC(=O)Nc1cc(F)c(F)c(F)c1. The second-order valence-corrected chi connectivity index (χ2v) is 2.74. The third-order valence-corrected chi connectivity index (χ3v) is 1.58. The maximum Gasteiger partial charge on any atom is 0.319 e. The van der Waals surface area contributed by atoms with Gasteiger partial charge in [-0.2, -0.15) is 0 Å². The topological polar surface area (TPSA) is 41.1 Å². The van der Waals surface area contributed by atoms with Crippen LogP contribution in [0.15, 0.2) is 12.1 Å². The van der Waals surface area contributed by atoms with Gasteiger partial charge < -0.3 is 10.6 Å². The van der Waals surface area contributed by atoms with Crippen LogP contribution in [-0.2, 0) is 0 Å². The lowest BCUT2D eigenvalue weighted by atomic mass is 10.3. The molecule has 0 aliphatic carbocycles. The summed E-state index contributed by atoms with van der Waals surface area (Å²) in [6.45, 7) is 2.06. The Morgan fingerprint density at radius 3 is 2.27 bits per heavy atom. The molecule has 0 aromatic heterocycles. The van der Waals surface area contributed by atoms with Gasteiger partial charge in [0.2, 0.25) is 0 Å². The molecule has 0 saturated heterocycles. The summed E-state index contributed by atoms with van der Waals surface area (Å²) in [4.78, 5) is 11.0. The molecule has 1 aromatic carbocycles. The number of nitrogens with one attached hydrogen (secondary N) is 2. The van der Waals surface area contributed by atoms with Crippen molar-refractivity contribution in [1.82, 2.24) is 5.32 Å². The largest absolute Gasteiger partial charge is 0.338 e. The van der Waals surface area contributed by atoms with Crippen LogP contribution in [-0.4, -0.2) is 12.6 Å². The molecule has 2 amide bonds. The molecule has 0 spiro atoms. The van der Waals surface area contributed by atoms with Gasteiger partial charge in [0.25, 0.3) is 0 Å². The highest BCUT2D eigenvalue weighted by Gasteiger charge is 2.11. The Morgan fingerprint density at radius 2 is 1.80 bits per heavy atom. The number of benzene rings is 1. The number of amides is 2. The van der Waals surface area contributed by atoms with E-state index < -0.39 is 23.5 Å². The summed E-state index contributed by atoms with van der Waals surface area (Å²) in [6, 6.07) is 0.796. The second-order valence-electron chi connectivity index (χ2n) is 2.74. The van der Waals surface area contributed by atoms with Crippen molar-refractivity contribution in [2.75, 3.05) is 11.9 Å². The minimum atomic E-state index is -1.56. The number of urea groups is 1. The van der Waals surface area contributed by atoms with Gasteiger partial charge in [-0.15, -0.1) is 0 Å². The van der Waals surface area contributed by atoms with Crippen LogP contribution in [0.4, 0.5) is 23.7 Å². The fourth-order valence-corrected chi connectivity index (χ4v) is 0.964. The molecule has 0 radical (unpaired) electrons. The fourth-order valence-electron chi connectivity index (χ4n) is 0.964. The van der Waals surface area contributed by atoms with Crippen molar-refractivity contribution < 1.29 is 18.0 Å². The number of hydrogen-bond acceptors (Lipinski definition) is 1. The molecule has 6 heteroatoms. The third kappa shape index (κ3) is 2.87. The van der Waals surface area contributed by atoms with Gasteiger partial charge in [0.05, 0.1) is 0 Å². The van der Waals surface area contributed by atoms with E-state index in [0.717, 1.165) is 0 Å². The first-order valence-electron chi connectivity index (χ1n) is 4.24. The lowest BCUT2D eigenvalue weighted by Gasteiger charge is -2.06. The number of carbonyl (C=O) groups is 1. The summed E-state index contributed by atoms with van der Waals surface area (Å²) in [5.74, 6) is -4.25. The minimum absolute atomic E-state index is 0.141. The van der Waals surface area contributed by atoms with Crippen molar-refractivity contribution in [2.24, 2.45) is 0 Å². The number of hydrogen-bond donors (Lipinski definition) is 2. The van der Waals surface area contributed by atoms with Gasteiger partial charge in [0, 0.05) is 24.4 Å². The quantitative estimate of drug-likeness (QED) is 0.734. The van der Waals surface area contributed by atoms with Crippen LogP contribution in [0.1, 0.15) is 6.92 Å². The van der Waals surface area contributed by atoms with Gasteiger partial charge in [0.15, 0.2) is 17.5 Å². The van der Waals surface area contributed by atoms with E-state index in [1.807, 2.05) is 0 Å². The van der Waals surface area contributed by atoms with Crippen LogP contribution in [0, 0.1) is 17.5 Å². The molecule has 1 aromatic rings. The predicted octanol–water partition coefficient (Wildman–Crippen LogP) is 2.25. The first-order valence-corrected chi connectivity index (χ1v) is 4.24. The number of carbonyl (C=O) groups excluding carboxylic acids is 1. The Balaban J connectivity index is 2.83. The Kier molecular flexibility index (Phi) is 3.54. The van der Waals surface area contributed by atoms with E-state index >= 15 is 0 Å². The first-order chi connectivity index (χ1) is 7.04. The minimum Gasteiger partial charge on any atom is -0.338 e. The van der Waals surface area contributed by atoms with E-state index in [2.05, 4.69) is 10.6 Å². The number of anilines is 1. The van der Waals surface area contributed by atoms with E-state index in [0.29, 0.717) is 18.7 Å². The zero-order valence-corrected chi connectivity index (χ0v) is 7.90. The molecule has 0 heterocycles. The average Bonchev–Trinajstić information content (AvgIpc) is 2.14. The molecular weight excluding hydrogens is 209 g/mol. The Labute approximate surface area is 84.3 Å². The van der Waals surface area contributed by atoms with E-state index in [9.17, 15) is 18.0 Å². The molecule has 82 valence electrons. The summed E-state index contributed by atoms with van der Waals surface area (Å²) in [5.41, 5.74) is -0.141. The van der Waals surface area contributed by atoms with Crippen LogP contribution in [0.5, 0.6) is 0 Å². The van der Waals surface area contributed by atoms with Gasteiger partial charge in [-0.05, 0) is 6.92 Å². The van der Waals surface area contributed by atoms with E-state index in [1.165, 1.54) is 0 Å². The Hall–Kier alpha value is -1.72.